The van der Waals surface area contributed by atoms with Crippen molar-refractivity contribution >= 4 is 5.71 Å². The van der Waals surface area contributed by atoms with Crippen LogP contribution >= 0.6 is 0 Å². The zero-order valence-electron chi connectivity index (χ0n) is 16.4. The summed E-state index contributed by atoms with van der Waals surface area (Å²) in [6.07, 6.45) is 1.60. The summed E-state index contributed by atoms with van der Waals surface area (Å²) >= 11 is 0. The van der Waals surface area contributed by atoms with Gasteiger partial charge < -0.3 is 9.47 Å². The average molecular weight is 395 g/mol. The van der Waals surface area contributed by atoms with Crippen LogP contribution in [0.4, 0.5) is 4.39 Å². The first-order valence-electron chi connectivity index (χ1n) is 9.56. The Labute approximate surface area is 167 Å². The van der Waals surface area contributed by atoms with Crippen molar-refractivity contribution in [2.45, 2.75) is 33.2 Å². The zero-order chi connectivity index (χ0) is 20.4. The van der Waals surface area contributed by atoms with Gasteiger partial charge in [0.2, 0.25) is 6.79 Å². The number of nitrogens with zero attached hydrogens (tertiary/aromatic N) is 2. The summed E-state index contributed by atoms with van der Waals surface area (Å²) in [6, 6.07) is 11.5. The number of hydrogen-bond acceptors (Lipinski definition) is 4. The molecule has 3 aromatic rings. The number of aromatic nitrogens is 2. The minimum atomic E-state index is -0.344. The van der Waals surface area contributed by atoms with Gasteiger partial charge in [0.1, 0.15) is 5.82 Å². The largest absolute Gasteiger partial charge is 0.454 e. The van der Waals surface area contributed by atoms with E-state index in [0.29, 0.717) is 29.3 Å². The van der Waals surface area contributed by atoms with Crippen LogP contribution in [0.2, 0.25) is 0 Å². The van der Waals surface area contributed by atoms with E-state index in [1.165, 1.54) is 16.8 Å². The molecule has 29 heavy (non-hydrogen) atoms. The molecule has 6 nitrogen and oxygen atoms in total. The van der Waals surface area contributed by atoms with Crippen molar-refractivity contribution < 1.29 is 13.9 Å². The lowest BCUT2D eigenvalue weighted by molar-refractivity contribution is 0.174. The molecule has 0 aliphatic carbocycles. The number of aryl methyl sites for hydroxylation is 1. The third kappa shape index (κ3) is 3.81. The molecular weight excluding hydrogens is 373 g/mol. The van der Waals surface area contributed by atoms with Crippen molar-refractivity contribution in [1.29, 1.82) is 0 Å². The first kappa shape index (κ1) is 19.0. The molecule has 0 saturated heterocycles. The van der Waals surface area contributed by atoms with Gasteiger partial charge in [0.25, 0.3) is 5.56 Å². The van der Waals surface area contributed by atoms with E-state index in [4.69, 9.17) is 9.47 Å². The van der Waals surface area contributed by atoms with Crippen molar-refractivity contribution in [3.05, 3.63) is 75.5 Å². The van der Waals surface area contributed by atoms with E-state index in [9.17, 15) is 9.18 Å². The van der Waals surface area contributed by atoms with Gasteiger partial charge in [-0.05, 0) is 55.3 Å². The SMILES string of the molecule is CCCc1[nH]n(-c2ccc(F)cc2)c(=O)c1C(C)=NCc1ccc2c(c1)OCO2. The Bertz CT molecular complexity index is 1110. The van der Waals surface area contributed by atoms with Gasteiger partial charge in [-0.3, -0.25) is 14.9 Å². The average Bonchev–Trinajstić information content (AvgIpc) is 3.31. The molecule has 7 heteroatoms. The van der Waals surface area contributed by atoms with Crippen LogP contribution in [-0.2, 0) is 13.0 Å². The number of fused-ring (bicyclic) bond motifs is 1. The second-order valence-electron chi connectivity index (χ2n) is 6.92. The molecule has 0 fully saturated rings. The van der Waals surface area contributed by atoms with Crippen LogP contribution in [0.1, 0.15) is 37.1 Å². The number of aliphatic imine (C=N–C) groups is 1. The number of ether oxygens (including phenoxy) is 2. The molecule has 0 radical (unpaired) electrons. The van der Waals surface area contributed by atoms with Crippen LogP contribution in [0.25, 0.3) is 5.69 Å². The van der Waals surface area contributed by atoms with E-state index in [-0.39, 0.29) is 18.2 Å². The molecule has 0 unspecified atom stereocenters. The van der Waals surface area contributed by atoms with Gasteiger partial charge >= 0.3 is 0 Å². The molecular formula is C22H22FN3O3. The fraction of sp³-hybridized carbons (Fsp3) is 0.273. The fourth-order valence-corrected chi connectivity index (χ4v) is 3.39. The van der Waals surface area contributed by atoms with Gasteiger partial charge in [-0.1, -0.05) is 19.4 Å². The minimum absolute atomic E-state index is 0.188. The van der Waals surface area contributed by atoms with E-state index in [0.717, 1.165) is 29.8 Å². The van der Waals surface area contributed by atoms with Crippen LogP contribution in [0.15, 0.2) is 52.3 Å². The Kier molecular flexibility index (Phi) is 5.20. The Morgan fingerprint density at radius 3 is 2.69 bits per heavy atom. The summed E-state index contributed by atoms with van der Waals surface area (Å²) < 4.78 is 25.4. The van der Waals surface area contributed by atoms with E-state index in [2.05, 4.69) is 17.0 Å². The molecule has 0 spiro atoms. The summed E-state index contributed by atoms with van der Waals surface area (Å²) in [5.41, 5.74) is 3.43. The second-order valence-corrected chi connectivity index (χ2v) is 6.92. The zero-order valence-corrected chi connectivity index (χ0v) is 16.4. The highest BCUT2D eigenvalue weighted by atomic mass is 19.1. The standard InChI is InChI=1S/C22H22FN3O3/c1-3-4-18-21(22(27)26(25-18)17-8-6-16(23)7-9-17)14(2)24-12-15-5-10-19-20(11-15)29-13-28-19/h5-11,25H,3-4,12-13H2,1-2H3. The predicted octanol–water partition coefficient (Wildman–Crippen LogP) is 4.00. The topological polar surface area (TPSA) is 68.6 Å². The van der Waals surface area contributed by atoms with Gasteiger partial charge in [0, 0.05) is 11.4 Å². The molecule has 1 aliphatic rings. The first-order chi connectivity index (χ1) is 14.1. The number of H-pyrrole nitrogens is 1. The van der Waals surface area contributed by atoms with Gasteiger partial charge in [-0.2, -0.15) is 0 Å². The van der Waals surface area contributed by atoms with Crippen molar-refractivity contribution in [1.82, 2.24) is 9.78 Å². The van der Waals surface area contributed by atoms with Crippen LogP contribution in [0, 0.1) is 5.82 Å². The Hall–Kier alpha value is -3.35. The molecule has 0 atom stereocenters. The molecule has 4 rings (SSSR count). The number of benzene rings is 2. The molecule has 0 saturated carbocycles. The fourth-order valence-electron chi connectivity index (χ4n) is 3.39. The normalized spacial score (nSPS) is 13.1. The highest BCUT2D eigenvalue weighted by Gasteiger charge is 2.18. The maximum atomic E-state index is 13.2. The maximum absolute atomic E-state index is 13.2. The van der Waals surface area contributed by atoms with E-state index in [1.54, 1.807) is 12.1 Å². The van der Waals surface area contributed by atoms with Gasteiger partial charge in [0.05, 0.1) is 17.8 Å². The number of aromatic amines is 1. The molecule has 2 aromatic carbocycles. The van der Waals surface area contributed by atoms with Gasteiger partial charge in [0.15, 0.2) is 11.5 Å². The van der Waals surface area contributed by atoms with Crippen molar-refractivity contribution in [3.63, 3.8) is 0 Å². The highest BCUT2D eigenvalue weighted by molar-refractivity contribution is 5.99. The Morgan fingerprint density at radius 1 is 1.17 bits per heavy atom. The van der Waals surface area contributed by atoms with Crippen LogP contribution in [0.3, 0.4) is 0 Å². The molecule has 1 aromatic heterocycles. The number of nitrogens with one attached hydrogen (secondary N) is 1. The summed E-state index contributed by atoms with van der Waals surface area (Å²) in [5, 5.41) is 3.16. The van der Waals surface area contributed by atoms with Crippen molar-refractivity contribution in [2.75, 3.05) is 6.79 Å². The van der Waals surface area contributed by atoms with E-state index >= 15 is 0 Å². The monoisotopic (exact) mass is 395 g/mol. The number of rotatable bonds is 6. The van der Waals surface area contributed by atoms with Crippen LogP contribution < -0.4 is 15.0 Å². The lowest BCUT2D eigenvalue weighted by atomic mass is 10.1. The number of hydrogen-bond donors (Lipinski definition) is 1. The molecule has 150 valence electrons. The summed E-state index contributed by atoms with van der Waals surface area (Å²) in [7, 11) is 0. The lowest BCUT2D eigenvalue weighted by Crippen LogP contribution is -2.20. The van der Waals surface area contributed by atoms with Gasteiger partial charge in [-0.25, -0.2) is 9.07 Å². The lowest BCUT2D eigenvalue weighted by Gasteiger charge is -2.03. The third-order valence-corrected chi connectivity index (χ3v) is 4.85. The summed E-state index contributed by atoms with van der Waals surface area (Å²) in [5.74, 6) is 1.10. The highest BCUT2D eigenvalue weighted by Crippen LogP contribution is 2.32. The number of halogens is 1. The smallest absolute Gasteiger partial charge is 0.280 e. The molecule has 2 heterocycles. The van der Waals surface area contributed by atoms with Crippen LogP contribution in [0.5, 0.6) is 11.5 Å². The summed E-state index contributed by atoms with van der Waals surface area (Å²) in [6.45, 7) is 4.55. The second kappa shape index (κ2) is 7.95. The quantitative estimate of drug-likeness (QED) is 0.642. The Balaban J connectivity index is 1.66. The van der Waals surface area contributed by atoms with Crippen LogP contribution in [-0.4, -0.2) is 22.3 Å². The summed E-state index contributed by atoms with van der Waals surface area (Å²) in [4.78, 5) is 17.7. The molecule has 1 aliphatic heterocycles. The molecule has 0 bridgehead atoms. The molecule has 0 amide bonds. The van der Waals surface area contributed by atoms with E-state index in [1.807, 2.05) is 25.1 Å². The molecule has 1 N–H and O–H groups in total. The Morgan fingerprint density at radius 2 is 1.93 bits per heavy atom. The first-order valence-corrected chi connectivity index (χ1v) is 9.56. The third-order valence-electron chi connectivity index (χ3n) is 4.85. The maximum Gasteiger partial charge on any atom is 0.280 e. The van der Waals surface area contributed by atoms with Crippen molar-refractivity contribution in [2.24, 2.45) is 4.99 Å². The van der Waals surface area contributed by atoms with E-state index < -0.39 is 0 Å². The van der Waals surface area contributed by atoms with Gasteiger partial charge in [-0.15, -0.1) is 0 Å². The predicted molar refractivity (Wildman–Crippen MR) is 109 cm³/mol. The minimum Gasteiger partial charge on any atom is -0.454 e. The van der Waals surface area contributed by atoms with Crippen molar-refractivity contribution in [3.8, 4) is 17.2 Å².